The fourth-order valence-corrected chi connectivity index (χ4v) is 2.08. The fourth-order valence-electron chi connectivity index (χ4n) is 2.08. The zero-order valence-electron chi connectivity index (χ0n) is 10.9. The van der Waals surface area contributed by atoms with E-state index in [1.807, 2.05) is 5.32 Å². The topological polar surface area (TPSA) is 152 Å². The van der Waals surface area contributed by atoms with E-state index in [0.717, 1.165) is 19.4 Å². The van der Waals surface area contributed by atoms with Gasteiger partial charge < -0.3 is 20.5 Å². The van der Waals surface area contributed by atoms with Crippen LogP contribution in [0.1, 0.15) is 25.7 Å². The summed E-state index contributed by atoms with van der Waals surface area (Å²) >= 11 is 0. The van der Waals surface area contributed by atoms with Crippen LogP contribution in [0.25, 0.3) is 0 Å². The minimum absolute atomic E-state index is 0.0922. The third kappa shape index (κ3) is 5.56. The SMILES string of the molecule is NC(N)=[NH+]CCC[C@H](NC(=O)[C@@H]1CCC[NH2+]1)C(=O)[O-]. The van der Waals surface area contributed by atoms with Crippen molar-refractivity contribution in [2.75, 3.05) is 13.1 Å². The molecule has 8 nitrogen and oxygen atoms in total. The Labute approximate surface area is 111 Å². The number of carbonyl (C=O) groups is 2. The van der Waals surface area contributed by atoms with Crippen LogP contribution in [0.5, 0.6) is 0 Å². The number of carboxylic acids is 1. The smallest absolute Gasteiger partial charge is 0.338 e. The van der Waals surface area contributed by atoms with Crippen molar-refractivity contribution >= 4 is 17.8 Å². The third-order valence-electron chi connectivity index (χ3n) is 3.11. The fraction of sp³-hybridized carbons (Fsp3) is 0.727. The highest BCUT2D eigenvalue weighted by Crippen LogP contribution is 2.00. The highest BCUT2D eigenvalue weighted by molar-refractivity contribution is 5.85. The lowest BCUT2D eigenvalue weighted by atomic mass is 10.1. The Kier molecular flexibility index (Phi) is 6.07. The van der Waals surface area contributed by atoms with Gasteiger partial charge in [-0.25, -0.2) is 0 Å². The zero-order valence-corrected chi connectivity index (χ0v) is 10.9. The normalized spacial score (nSPS) is 19.7. The van der Waals surface area contributed by atoms with Gasteiger partial charge in [0.15, 0.2) is 6.04 Å². The second kappa shape index (κ2) is 7.57. The minimum Gasteiger partial charge on any atom is -0.548 e. The molecule has 1 fully saturated rings. The molecule has 1 amide bonds. The van der Waals surface area contributed by atoms with E-state index < -0.39 is 12.0 Å². The van der Waals surface area contributed by atoms with Crippen LogP contribution >= 0.6 is 0 Å². The van der Waals surface area contributed by atoms with Gasteiger partial charge >= 0.3 is 5.96 Å². The molecule has 0 aromatic carbocycles. The number of amides is 1. The molecule has 2 atom stereocenters. The van der Waals surface area contributed by atoms with Crippen LogP contribution < -0.4 is 32.2 Å². The Morgan fingerprint density at radius 1 is 1.47 bits per heavy atom. The quantitative estimate of drug-likeness (QED) is 0.177. The molecule has 0 spiro atoms. The van der Waals surface area contributed by atoms with Gasteiger partial charge in [0.2, 0.25) is 0 Å². The number of hydrogen-bond acceptors (Lipinski definition) is 3. The number of hydrogen-bond donors (Lipinski definition) is 5. The first-order chi connectivity index (χ1) is 9.00. The molecule has 1 aliphatic rings. The molecule has 0 aromatic heterocycles. The molecule has 108 valence electrons. The van der Waals surface area contributed by atoms with Crippen molar-refractivity contribution in [1.29, 1.82) is 0 Å². The summed E-state index contributed by atoms with van der Waals surface area (Å²) < 4.78 is 0. The highest BCUT2D eigenvalue weighted by Gasteiger charge is 2.27. The van der Waals surface area contributed by atoms with Gasteiger partial charge in [-0.05, 0) is 12.8 Å². The van der Waals surface area contributed by atoms with Crippen LogP contribution in [0.3, 0.4) is 0 Å². The molecule has 0 aromatic rings. The number of nitrogens with one attached hydrogen (secondary N) is 2. The van der Waals surface area contributed by atoms with Crippen molar-refractivity contribution in [2.45, 2.75) is 37.8 Å². The molecule has 0 aliphatic carbocycles. The van der Waals surface area contributed by atoms with Gasteiger partial charge in [-0.1, -0.05) is 0 Å². The summed E-state index contributed by atoms with van der Waals surface area (Å²) in [6, 6.07) is -1.14. The maximum atomic E-state index is 11.8. The van der Waals surface area contributed by atoms with Gasteiger partial charge in [-0.2, -0.15) is 0 Å². The van der Waals surface area contributed by atoms with Crippen LogP contribution in [0.15, 0.2) is 0 Å². The number of rotatable bonds is 7. The summed E-state index contributed by atoms with van der Waals surface area (Å²) in [7, 11) is 0. The summed E-state index contributed by atoms with van der Waals surface area (Å²) in [6.07, 6.45) is 2.56. The standard InChI is InChI=1S/C11H21N5O3/c12-11(13)15-6-2-4-8(10(18)19)16-9(17)7-3-1-5-14-7/h7-8,14H,1-6H2,(H,16,17)(H,18,19)(H4,12,13,15)/p+1/t7-,8-/m0/s1. The van der Waals surface area contributed by atoms with Crippen LogP contribution in [0.2, 0.25) is 0 Å². The van der Waals surface area contributed by atoms with Crippen molar-refractivity contribution < 1.29 is 25.0 Å². The van der Waals surface area contributed by atoms with E-state index >= 15 is 0 Å². The van der Waals surface area contributed by atoms with Gasteiger partial charge in [0, 0.05) is 12.8 Å². The third-order valence-corrected chi connectivity index (χ3v) is 3.11. The summed E-state index contributed by atoms with van der Waals surface area (Å²) in [4.78, 5) is 25.5. The molecule has 8 N–H and O–H groups in total. The van der Waals surface area contributed by atoms with Crippen molar-refractivity contribution in [2.24, 2.45) is 11.5 Å². The lowest BCUT2D eigenvalue weighted by Gasteiger charge is -2.20. The Balaban J connectivity index is 2.37. The first-order valence-electron chi connectivity index (χ1n) is 6.47. The molecule has 0 saturated carbocycles. The molecule has 8 heteroatoms. The molecule has 0 radical (unpaired) electrons. The van der Waals surface area contributed by atoms with Crippen molar-refractivity contribution in [3.05, 3.63) is 0 Å². The number of nitrogens with two attached hydrogens (primary N) is 3. The molecule has 1 rings (SSSR count). The van der Waals surface area contributed by atoms with Crippen molar-refractivity contribution in [3.63, 3.8) is 0 Å². The van der Waals surface area contributed by atoms with E-state index in [0.29, 0.717) is 13.0 Å². The first-order valence-corrected chi connectivity index (χ1v) is 6.47. The van der Waals surface area contributed by atoms with Gasteiger partial charge in [0.25, 0.3) is 5.91 Å². The lowest BCUT2D eigenvalue weighted by Crippen LogP contribution is -2.89. The van der Waals surface area contributed by atoms with Gasteiger partial charge in [0.05, 0.1) is 25.1 Å². The van der Waals surface area contributed by atoms with Crippen LogP contribution in [-0.4, -0.2) is 43.0 Å². The van der Waals surface area contributed by atoms with Crippen LogP contribution in [0, 0.1) is 0 Å². The van der Waals surface area contributed by atoms with E-state index in [2.05, 4.69) is 10.3 Å². The maximum absolute atomic E-state index is 11.8. The molecule has 19 heavy (non-hydrogen) atoms. The van der Waals surface area contributed by atoms with Gasteiger partial charge in [-0.3, -0.25) is 21.3 Å². The number of carboxylic acid groups (broad SMARTS) is 1. The van der Waals surface area contributed by atoms with Crippen molar-refractivity contribution in [1.82, 2.24) is 5.32 Å². The summed E-state index contributed by atoms with van der Waals surface area (Å²) in [5.74, 6) is -1.41. The van der Waals surface area contributed by atoms with E-state index in [1.165, 1.54) is 0 Å². The zero-order chi connectivity index (χ0) is 14.3. The minimum atomic E-state index is -1.27. The molecule has 1 heterocycles. The van der Waals surface area contributed by atoms with E-state index in [9.17, 15) is 14.7 Å². The van der Waals surface area contributed by atoms with Crippen molar-refractivity contribution in [3.8, 4) is 0 Å². The van der Waals surface area contributed by atoms with Crippen LogP contribution in [-0.2, 0) is 9.59 Å². The highest BCUT2D eigenvalue weighted by atomic mass is 16.4. The van der Waals surface area contributed by atoms with E-state index in [-0.39, 0.29) is 24.3 Å². The second-order valence-corrected chi connectivity index (χ2v) is 4.68. The van der Waals surface area contributed by atoms with Crippen LogP contribution in [0.4, 0.5) is 0 Å². The summed E-state index contributed by atoms with van der Waals surface area (Å²) in [5, 5.41) is 15.4. The van der Waals surface area contributed by atoms with Gasteiger partial charge in [0.1, 0.15) is 0 Å². The number of aliphatic carboxylic acids is 1. The lowest BCUT2D eigenvalue weighted by molar-refractivity contribution is -0.657. The molecule has 1 saturated heterocycles. The Morgan fingerprint density at radius 3 is 2.74 bits per heavy atom. The predicted molar refractivity (Wildman–Crippen MR) is 65.2 cm³/mol. The largest absolute Gasteiger partial charge is 0.548 e. The Morgan fingerprint density at radius 2 is 2.21 bits per heavy atom. The molecule has 0 unspecified atom stereocenters. The number of guanidine groups is 1. The predicted octanol–water partition coefficient (Wildman–Crippen LogP) is -5.92. The van der Waals surface area contributed by atoms with Gasteiger partial charge in [-0.15, -0.1) is 0 Å². The average Bonchev–Trinajstić information content (AvgIpc) is 2.85. The molecule has 1 aliphatic heterocycles. The van der Waals surface area contributed by atoms with E-state index in [4.69, 9.17) is 11.5 Å². The second-order valence-electron chi connectivity index (χ2n) is 4.68. The monoisotopic (exact) mass is 272 g/mol. The molecular weight excluding hydrogens is 250 g/mol. The van der Waals surface area contributed by atoms with E-state index in [1.54, 1.807) is 0 Å². The molecule has 0 bridgehead atoms. The first kappa shape index (κ1) is 15.2. The Bertz CT molecular complexity index is 348. The maximum Gasteiger partial charge on any atom is 0.338 e. The number of carbonyl (C=O) groups excluding carboxylic acids is 2. The average molecular weight is 272 g/mol. The molecular formula is C11H22N5O3+. The Hall–Kier alpha value is -1.83. The number of quaternary nitrogens is 1. The summed E-state index contributed by atoms with van der Waals surface area (Å²) in [5.41, 5.74) is 10.4. The summed E-state index contributed by atoms with van der Waals surface area (Å²) in [6.45, 7) is 1.36.